The second-order valence-corrected chi connectivity index (χ2v) is 7.71. The van der Waals surface area contributed by atoms with Crippen molar-refractivity contribution in [2.75, 3.05) is 4.72 Å². The summed E-state index contributed by atoms with van der Waals surface area (Å²) in [7, 11) is -3.85. The first-order valence-electron chi connectivity index (χ1n) is 8.39. The zero-order valence-electron chi connectivity index (χ0n) is 15.0. The number of furan rings is 1. The Labute approximate surface area is 162 Å². The van der Waals surface area contributed by atoms with E-state index in [9.17, 15) is 18.0 Å². The van der Waals surface area contributed by atoms with Crippen molar-refractivity contribution in [3.63, 3.8) is 0 Å². The van der Waals surface area contributed by atoms with Crippen LogP contribution in [0.1, 0.15) is 33.4 Å². The number of rotatable bonds is 7. The molecule has 0 bridgehead atoms. The van der Waals surface area contributed by atoms with Crippen LogP contribution in [0.5, 0.6) is 0 Å². The monoisotopic (exact) mass is 398 g/mol. The molecule has 0 fully saturated rings. The molecule has 1 amide bonds. The molecule has 0 aliphatic carbocycles. The van der Waals surface area contributed by atoms with E-state index in [0.717, 1.165) is 0 Å². The Balaban J connectivity index is 1.70. The van der Waals surface area contributed by atoms with Crippen molar-refractivity contribution in [2.24, 2.45) is 0 Å². The smallest absolute Gasteiger partial charge is 0.261 e. The van der Waals surface area contributed by atoms with Gasteiger partial charge >= 0.3 is 0 Å². The van der Waals surface area contributed by atoms with Crippen molar-refractivity contribution in [1.82, 2.24) is 5.32 Å². The maximum absolute atomic E-state index is 12.5. The van der Waals surface area contributed by atoms with E-state index in [1.54, 1.807) is 30.3 Å². The standard InChI is InChI=1S/C20H18N2O5S/c1-14(23)16-4-2-5-17(12-16)22-28(25,26)19-9-7-15(8-10-19)20(24)21-13-18-6-3-11-27-18/h2-12,22H,13H2,1H3,(H,21,24). The molecule has 0 spiro atoms. The summed E-state index contributed by atoms with van der Waals surface area (Å²) in [6, 6.07) is 15.2. The third kappa shape index (κ3) is 4.66. The first-order chi connectivity index (χ1) is 13.3. The summed E-state index contributed by atoms with van der Waals surface area (Å²) in [5.74, 6) is 0.109. The molecule has 2 aromatic carbocycles. The lowest BCUT2D eigenvalue weighted by Gasteiger charge is -2.10. The topological polar surface area (TPSA) is 105 Å². The lowest BCUT2D eigenvalue weighted by molar-refractivity contribution is 0.0947. The van der Waals surface area contributed by atoms with Gasteiger partial charge in [-0.05, 0) is 55.5 Å². The summed E-state index contributed by atoms with van der Waals surface area (Å²) in [5, 5.41) is 2.69. The number of benzene rings is 2. The molecular weight excluding hydrogens is 380 g/mol. The average Bonchev–Trinajstić information content (AvgIpc) is 3.19. The van der Waals surface area contributed by atoms with Crippen molar-refractivity contribution in [1.29, 1.82) is 0 Å². The Morgan fingerprint density at radius 1 is 0.964 bits per heavy atom. The molecule has 0 atom stereocenters. The van der Waals surface area contributed by atoms with E-state index in [1.165, 1.54) is 43.5 Å². The Morgan fingerprint density at radius 3 is 2.36 bits per heavy atom. The Bertz CT molecular complexity index is 1090. The lowest BCUT2D eigenvalue weighted by Crippen LogP contribution is -2.22. The van der Waals surface area contributed by atoms with Crippen LogP contribution < -0.4 is 10.0 Å². The van der Waals surface area contributed by atoms with Crippen molar-refractivity contribution in [3.8, 4) is 0 Å². The van der Waals surface area contributed by atoms with Gasteiger partial charge in [0.05, 0.1) is 17.7 Å². The number of carbonyl (C=O) groups excluding carboxylic acids is 2. The van der Waals surface area contributed by atoms with Crippen LogP contribution in [0.3, 0.4) is 0 Å². The second kappa shape index (κ2) is 8.10. The highest BCUT2D eigenvalue weighted by atomic mass is 32.2. The van der Waals surface area contributed by atoms with Gasteiger partial charge in [-0.2, -0.15) is 0 Å². The number of Topliss-reactive ketones (excluding diaryl/α,β-unsaturated/α-hetero) is 1. The summed E-state index contributed by atoms with van der Waals surface area (Å²) in [6.07, 6.45) is 1.51. The Hall–Kier alpha value is -3.39. The molecule has 0 unspecified atom stereocenters. The Morgan fingerprint density at radius 2 is 1.71 bits per heavy atom. The second-order valence-electron chi connectivity index (χ2n) is 6.03. The van der Waals surface area contributed by atoms with Crippen LogP contribution in [0.15, 0.2) is 76.2 Å². The molecule has 3 aromatic rings. The average molecular weight is 398 g/mol. The van der Waals surface area contributed by atoms with Crippen LogP contribution in [0.4, 0.5) is 5.69 Å². The van der Waals surface area contributed by atoms with E-state index in [4.69, 9.17) is 4.42 Å². The molecular formula is C20H18N2O5S. The largest absolute Gasteiger partial charge is 0.467 e. The lowest BCUT2D eigenvalue weighted by atomic mass is 10.1. The summed E-state index contributed by atoms with van der Waals surface area (Å²) in [6.45, 7) is 1.64. The van der Waals surface area contributed by atoms with Crippen molar-refractivity contribution in [3.05, 3.63) is 83.8 Å². The third-order valence-electron chi connectivity index (χ3n) is 3.95. The van der Waals surface area contributed by atoms with Gasteiger partial charge in [-0.25, -0.2) is 8.42 Å². The van der Waals surface area contributed by atoms with Crippen LogP contribution in [0.25, 0.3) is 0 Å². The van der Waals surface area contributed by atoms with Gasteiger partial charge in [0, 0.05) is 16.8 Å². The summed E-state index contributed by atoms with van der Waals surface area (Å²) >= 11 is 0. The fourth-order valence-corrected chi connectivity index (χ4v) is 3.53. The molecule has 0 saturated carbocycles. The highest BCUT2D eigenvalue weighted by Crippen LogP contribution is 2.18. The van der Waals surface area contributed by atoms with E-state index in [2.05, 4.69) is 10.0 Å². The predicted molar refractivity (Wildman–Crippen MR) is 104 cm³/mol. The molecule has 1 heterocycles. The van der Waals surface area contributed by atoms with Crippen LogP contribution in [-0.2, 0) is 16.6 Å². The normalized spacial score (nSPS) is 11.0. The van der Waals surface area contributed by atoms with Gasteiger partial charge in [-0.15, -0.1) is 0 Å². The summed E-state index contributed by atoms with van der Waals surface area (Å²) in [5.41, 5.74) is 1.01. The number of ketones is 1. The fourth-order valence-electron chi connectivity index (χ4n) is 2.48. The van der Waals surface area contributed by atoms with Gasteiger partial charge in [-0.1, -0.05) is 12.1 Å². The van der Waals surface area contributed by atoms with Gasteiger partial charge in [0.15, 0.2) is 5.78 Å². The fraction of sp³-hybridized carbons (Fsp3) is 0.100. The summed E-state index contributed by atoms with van der Waals surface area (Å²) < 4.78 is 32.6. The van der Waals surface area contributed by atoms with E-state index in [1.807, 2.05) is 0 Å². The van der Waals surface area contributed by atoms with E-state index in [0.29, 0.717) is 16.9 Å². The van der Waals surface area contributed by atoms with Gasteiger partial charge in [0.25, 0.3) is 15.9 Å². The maximum atomic E-state index is 12.5. The molecule has 2 N–H and O–H groups in total. The number of hydrogen-bond acceptors (Lipinski definition) is 5. The maximum Gasteiger partial charge on any atom is 0.261 e. The zero-order chi connectivity index (χ0) is 20.1. The van der Waals surface area contributed by atoms with Crippen LogP contribution in [0, 0.1) is 0 Å². The van der Waals surface area contributed by atoms with E-state index in [-0.39, 0.29) is 28.8 Å². The Kier molecular flexibility index (Phi) is 5.60. The van der Waals surface area contributed by atoms with Crippen molar-refractivity contribution >= 4 is 27.4 Å². The molecule has 144 valence electrons. The molecule has 1 aromatic heterocycles. The number of sulfonamides is 1. The molecule has 0 radical (unpaired) electrons. The molecule has 7 nitrogen and oxygen atoms in total. The van der Waals surface area contributed by atoms with Crippen LogP contribution >= 0.6 is 0 Å². The van der Waals surface area contributed by atoms with Crippen molar-refractivity contribution in [2.45, 2.75) is 18.4 Å². The first-order valence-corrected chi connectivity index (χ1v) is 9.88. The van der Waals surface area contributed by atoms with E-state index < -0.39 is 10.0 Å². The quantitative estimate of drug-likeness (QED) is 0.595. The van der Waals surface area contributed by atoms with Gasteiger partial charge < -0.3 is 9.73 Å². The minimum Gasteiger partial charge on any atom is -0.467 e. The molecule has 28 heavy (non-hydrogen) atoms. The van der Waals surface area contributed by atoms with Gasteiger partial charge in [0.2, 0.25) is 0 Å². The zero-order valence-corrected chi connectivity index (χ0v) is 15.8. The predicted octanol–water partition coefficient (Wildman–Crippen LogP) is 3.21. The first kappa shape index (κ1) is 19.4. The number of amides is 1. The molecule has 3 rings (SSSR count). The van der Waals surface area contributed by atoms with Crippen LogP contribution in [0.2, 0.25) is 0 Å². The highest BCUT2D eigenvalue weighted by molar-refractivity contribution is 7.92. The van der Waals surface area contributed by atoms with E-state index >= 15 is 0 Å². The van der Waals surface area contributed by atoms with Crippen molar-refractivity contribution < 1.29 is 22.4 Å². The number of carbonyl (C=O) groups is 2. The third-order valence-corrected chi connectivity index (χ3v) is 5.35. The number of nitrogens with one attached hydrogen (secondary N) is 2. The molecule has 0 saturated heterocycles. The number of anilines is 1. The minimum atomic E-state index is -3.85. The highest BCUT2D eigenvalue weighted by Gasteiger charge is 2.16. The van der Waals surface area contributed by atoms with Gasteiger partial charge in [0.1, 0.15) is 5.76 Å². The van der Waals surface area contributed by atoms with Crippen LogP contribution in [-0.4, -0.2) is 20.1 Å². The molecule has 0 aliphatic heterocycles. The number of hydrogen-bond donors (Lipinski definition) is 2. The molecule has 8 heteroatoms. The molecule has 0 aliphatic rings. The summed E-state index contributed by atoms with van der Waals surface area (Å²) in [4.78, 5) is 23.6. The SMILES string of the molecule is CC(=O)c1cccc(NS(=O)(=O)c2ccc(C(=O)NCc3ccco3)cc2)c1. The van der Waals surface area contributed by atoms with Gasteiger partial charge in [-0.3, -0.25) is 14.3 Å². The minimum absolute atomic E-state index is 0.00307.